The van der Waals surface area contributed by atoms with Crippen molar-refractivity contribution in [1.82, 2.24) is 15.0 Å². The fourth-order valence-corrected chi connectivity index (χ4v) is 2.76. The Bertz CT molecular complexity index is 945. The van der Waals surface area contributed by atoms with E-state index in [0.29, 0.717) is 13.0 Å². The van der Waals surface area contributed by atoms with Crippen molar-refractivity contribution in [3.63, 3.8) is 0 Å². The molecule has 6 nitrogen and oxygen atoms in total. The van der Waals surface area contributed by atoms with Crippen molar-refractivity contribution >= 4 is 11.8 Å². The van der Waals surface area contributed by atoms with E-state index in [0.717, 1.165) is 23.0 Å². The number of hydrogen-bond acceptors (Lipinski definition) is 6. The summed E-state index contributed by atoms with van der Waals surface area (Å²) in [7, 11) is 0. The van der Waals surface area contributed by atoms with Crippen LogP contribution < -0.4 is 10.6 Å². The molecule has 1 aromatic carbocycles. The van der Waals surface area contributed by atoms with Gasteiger partial charge >= 0.3 is 6.18 Å². The molecule has 3 rings (SSSR count). The fraction of sp³-hybridized carbons (Fsp3) is 0.286. The van der Waals surface area contributed by atoms with Gasteiger partial charge in [0.25, 0.3) is 0 Å². The highest BCUT2D eigenvalue weighted by Gasteiger charge is 2.35. The quantitative estimate of drug-likeness (QED) is 0.505. The SMILES string of the molecule is CC[C@@H](CO)Nc1nc(NCc2ccc(-c3ccccn3)cc2)ncc1C(F)(F)F. The molecule has 0 saturated carbocycles. The van der Waals surface area contributed by atoms with Crippen LogP contribution in [0.1, 0.15) is 24.5 Å². The van der Waals surface area contributed by atoms with Crippen LogP contribution in [0.15, 0.2) is 54.9 Å². The van der Waals surface area contributed by atoms with E-state index in [4.69, 9.17) is 0 Å². The van der Waals surface area contributed by atoms with E-state index in [2.05, 4.69) is 25.6 Å². The van der Waals surface area contributed by atoms with Crippen LogP contribution in [0, 0.1) is 0 Å². The second kappa shape index (κ2) is 9.53. The van der Waals surface area contributed by atoms with Gasteiger partial charge in [0.15, 0.2) is 0 Å². The van der Waals surface area contributed by atoms with Gasteiger partial charge < -0.3 is 15.7 Å². The molecule has 30 heavy (non-hydrogen) atoms. The number of hydrogen-bond donors (Lipinski definition) is 3. The predicted octanol–water partition coefficient (Wildman–Crippen LogP) is 4.35. The number of pyridine rings is 1. The van der Waals surface area contributed by atoms with Crippen LogP contribution in [-0.2, 0) is 12.7 Å². The molecule has 2 aromatic heterocycles. The Morgan fingerprint density at radius 1 is 1.07 bits per heavy atom. The molecule has 0 bridgehead atoms. The summed E-state index contributed by atoms with van der Waals surface area (Å²) in [5.74, 6) is -0.293. The van der Waals surface area contributed by atoms with Gasteiger partial charge in [-0.05, 0) is 24.1 Å². The van der Waals surface area contributed by atoms with Crippen LogP contribution in [0.2, 0.25) is 0 Å². The molecule has 0 radical (unpaired) electrons. The number of aliphatic hydroxyl groups excluding tert-OH is 1. The standard InChI is InChI=1S/C21H22F3N5O/c1-2-16(13-30)28-19-17(21(22,23)24)12-27-20(29-19)26-11-14-6-8-15(9-7-14)18-5-3-4-10-25-18/h3-10,12,16,30H,2,11,13H2,1H3,(H2,26,27,28,29)/t16-/m0/s1. The molecule has 0 unspecified atom stereocenters. The second-order valence-electron chi connectivity index (χ2n) is 6.65. The Morgan fingerprint density at radius 2 is 1.83 bits per heavy atom. The summed E-state index contributed by atoms with van der Waals surface area (Å²) in [6.07, 6.45) is -1.69. The molecule has 0 aliphatic rings. The van der Waals surface area contributed by atoms with Gasteiger partial charge in [-0.1, -0.05) is 37.3 Å². The lowest BCUT2D eigenvalue weighted by molar-refractivity contribution is -0.137. The molecule has 3 aromatic rings. The number of alkyl halides is 3. The van der Waals surface area contributed by atoms with E-state index in [1.54, 1.807) is 13.1 Å². The third-order valence-corrected chi connectivity index (χ3v) is 4.51. The maximum Gasteiger partial charge on any atom is 0.421 e. The summed E-state index contributed by atoms with van der Waals surface area (Å²) in [5, 5.41) is 14.9. The maximum absolute atomic E-state index is 13.3. The third kappa shape index (κ3) is 5.44. The van der Waals surface area contributed by atoms with Crippen LogP contribution in [0.5, 0.6) is 0 Å². The minimum atomic E-state index is -4.60. The van der Waals surface area contributed by atoms with Crippen LogP contribution in [0.3, 0.4) is 0 Å². The topological polar surface area (TPSA) is 83.0 Å². The molecule has 1 atom stereocenters. The van der Waals surface area contributed by atoms with Crippen molar-refractivity contribution in [1.29, 1.82) is 0 Å². The molecular weight excluding hydrogens is 395 g/mol. The minimum absolute atomic E-state index is 0.0621. The second-order valence-corrected chi connectivity index (χ2v) is 6.65. The summed E-state index contributed by atoms with van der Waals surface area (Å²) in [5.41, 5.74) is 1.76. The summed E-state index contributed by atoms with van der Waals surface area (Å²) in [6.45, 7) is 1.80. The van der Waals surface area contributed by atoms with Gasteiger partial charge in [0.05, 0.1) is 18.3 Å². The normalized spacial score (nSPS) is 12.4. The van der Waals surface area contributed by atoms with E-state index in [1.165, 1.54) is 0 Å². The Hall–Kier alpha value is -3.20. The van der Waals surface area contributed by atoms with Crippen LogP contribution >= 0.6 is 0 Å². The van der Waals surface area contributed by atoms with Crippen LogP contribution in [0.4, 0.5) is 24.9 Å². The lowest BCUT2D eigenvalue weighted by Gasteiger charge is -2.19. The van der Waals surface area contributed by atoms with Gasteiger partial charge in [0.1, 0.15) is 11.4 Å². The van der Waals surface area contributed by atoms with Crippen LogP contribution in [0.25, 0.3) is 11.3 Å². The van der Waals surface area contributed by atoms with E-state index in [9.17, 15) is 18.3 Å². The Balaban J connectivity index is 1.73. The van der Waals surface area contributed by atoms with Crippen LogP contribution in [-0.4, -0.2) is 32.7 Å². The van der Waals surface area contributed by atoms with Gasteiger partial charge in [-0.2, -0.15) is 18.2 Å². The van der Waals surface area contributed by atoms with E-state index in [-0.39, 0.29) is 18.4 Å². The number of aromatic nitrogens is 3. The molecule has 0 saturated heterocycles. The van der Waals surface area contributed by atoms with Crippen molar-refractivity contribution in [3.8, 4) is 11.3 Å². The lowest BCUT2D eigenvalue weighted by atomic mass is 10.1. The van der Waals surface area contributed by atoms with E-state index >= 15 is 0 Å². The molecule has 2 heterocycles. The predicted molar refractivity (Wildman–Crippen MR) is 109 cm³/mol. The molecule has 0 aliphatic carbocycles. The summed E-state index contributed by atoms with van der Waals surface area (Å²) in [4.78, 5) is 12.1. The van der Waals surface area contributed by atoms with Crippen molar-refractivity contribution in [3.05, 3.63) is 66.0 Å². The first kappa shape index (κ1) is 21.5. The average Bonchev–Trinajstić information content (AvgIpc) is 2.76. The minimum Gasteiger partial charge on any atom is -0.394 e. The number of benzene rings is 1. The first-order valence-corrected chi connectivity index (χ1v) is 9.46. The highest BCUT2D eigenvalue weighted by atomic mass is 19.4. The summed E-state index contributed by atoms with van der Waals surface area (Å²) >= 11 is 0. The van der Waals surface area contributed by atoms with Crippen molar-refractivity contribution in [2.75, 3.05) is 17.2 Å². The fourth-order valence-electron chi connectivity index (χ4n) is 2.76. The molecule has 3 N–H and O–H groups in total. The monoisotopic (exact) mass is 417 g/mol. The highest BCUT2D eigenvalue weighted by molar-refractivity contribution is 5.59. The Kier molecular flexibility index (Phi) is 6.83. The van der Waals surface area contributed by atoms with Gasteiger partial charge in [-0.3, -0.25) is 4.98 Å². The van der Waals surface area contributed by atoms with Gasteiger partial charge in [0, 0.05) is 24.5 Å². The average molecular weight is 417 g/mol. The van der Waals surface area contributed by atoms with Crippen molar-refractivity contribution in [2.24, 2.45) is 0 Å². The zero-order chi connectivity index (χ0) is 21.6. The first-order chi connectivity index (χ1) is 14.4. The number of halogens is 3. The van der Waals surface area contributed by atoms with Crippen molar-refractivity contribution in [2.45, 2.75) is 32.1 Å². The summed E-state index contributed by atoms with van der Waals surface area (Å²) in [6, 6.07) is 12.8. The molecule has 9 heteroatoms. The number of aliphatic hydroxyl groups is 1. The first-order valence-electron chi connectivity index (χ1n) is 9.46. The van der Waals surface area contributed by atoms with E-state index in [1.807, 2.05) is 42.5 Å². The molecule has 0 fully saturated rings. The van der Waals surface area contributed by atoms with Gasteiger partial charge in [0.2, 0.25) is 5.95 Å². The zero-order valence-electron chi connectivity index (χ0n) is 16.3. The highest BCUT2D eigenvalue weighted by Crippen LogP contribution is 2.34. The van der Waals surface area contributed by atoms with Gasteiger partial charge in [-0.15, -0.1) is 0 Å². The third-order valence-electron chi connectivity index (χ3n) is 4.51. The largest absolute Gasteiger partial charge is 0.421 e. The molecule has 158 valence electrons. The number of anilines is 2. The molecule has 0 amide bonds. The van der Waals surface area contributed by atoms with E-state index < -0.39 is 17.8 Å². The Morgan fingerprint density at radius 3 is 2.43 bits per heavy atom. The number of nitrogens with one attached hydrogen (secondary N) is 2. The van der Waals surface area contributed by atoms with Gasteiger partial charge in [-0.25, -0.2) is 4.98 Å². The number of rotatable bonds is 8. The lowest BCUT2D eigenvalue weighted by Crippen LogP contribution is -2.26. The number of nitrogens with zero attached hydrogens (tertiary/aromatic N) is 3. The maximum atomic E-state index is 13.3. The van der Waals surface area contributed by atoms with Crippen molar-refractivity contribution < 1.29 is 18.3 Å². The smallest absolute Gasteiger partial charge is 0.394 e. The molecular formula is C21H22F3N5O. The Labute approximate surface area is 172 Å². The summed E-state index contributed by atoms with van der Waals surface area (Å²) < 4.78 is 39.8. The molecule has 0 spiro atoms. The zero-order valence-corrected chi connectivity index (χ0v) is 16.3. The molecule has 0 aliphatic heterocycles.